The zero-order valence-corrected chi connectivity index (χ0v) is 15.9. The number of ether oxygens (including phenoxy) is 2. The number of aromatic nitrogens is 2. The molecule has 1 fully saturated rings. The van der Waals surface area contributed by atoms with Gasteiger partial charge in [0.05, 0.1) is 18.9 Å². The highest BCUT2D eigenvalue weighted by Crippen LogP contribution is 2.48. The Bertz CT molecular complexity index is 979. The predicted octanol–water partition coefficient (Wildman–Crippen LogP) is 1.83. The molecule has 1 unspecified atom stereocenters. The minimum Gasteiger partial charge on any atom is -0.390 e. The normalized spacial score (nSPS) is 27.1. The standard InChI is InChI=1S/C17H17FN2O5S2/c1-8-2-3-12-13(4-8)27-17(26-12)24-7-11-10(21)5-14(25-11)20-6-9(18)15(22)19-16(20)23/h2-4,6,10-11,14,17,21H,5,7H2,1H3,(H,19,22,23)/t10-,11+,14+,17?/m0/s1. The fourth-order valence-electron chi connectivity index (χ4n) is 2.99. The number of halogens is 1. The summed E-state index contributed by atoms with van der Waals surface area (Å²) < 4.78 is 25.8. The van der Waals surface area contributed by atoms with Crippen molar-refractivity contribution in [2.45, 2.75) is 46.3 Å². The topological polar surface area (TPSA) is 93.5 Å². The van der Waals surface area contributed by atoms with Crippen molar-refractivity contribution < 1.29 is 19.0 Å². The number of H-pyrrole nitrogens is 1. The van der Waals surface area contributed by atoms with Crippen LogP contribution in [0.1, 0.15) is 18.2 Å². The van der Waals surface area contributed by atoms with Crippen LogP contribution in [0.3, 0.4) is 0 Å². The van der Waals surface area contributed by atoms with Gasteiger partial charge in [-0.25, -0.2) is 4.79 Å². The number of aliphatic hydroxyl groups excluding tert-OH is 1. The van der Waals surface area contributed by atoms with E-state index in [0.717, 1.165) is 20.6 Å². The molecule has 2 aliphatic heterocycles. The van der Waals surface area contributed by atoms with E-state index < -0.39 is 35.5 Å². The van der Waals surface area contributed by atoms with Crippen molar-refractivity contribution in [2.24, 2.45) is 0 Å². The van der Waals surface area contributed by atoms with Gasteiger partial charge >= 0.3 is 5.69 Å². The number of aryl methyl sites for hydroxylation is 1. The smallest absolute Gasteiger partial charge is 0.330 e. The Labute approximate surface area is 161 Å². The van der Waals surface area contributed by atoms with Crippen LogP contribution < -0.4 is 11.2 Å². The zero-order chi connectivity index (χ0) is 19.1. The van der Waals surface area contributed by atoms with Gasteiger partial charge in [-0.15, -0.1) is 0 Å². The van der Waals surface area contributed by atoms with Crippen LogP contribution in [0.5, 0.6) is 0 Å². The van der Waals surface area contributed by atoms with E-state index in [9.17, 15) is 19.1 Å². The zero-order valence-electron chi connectivity index (χ0n) is 14.3. The summed E-state index contributed by atoms with van der Waals surface area (Å²) in [6.45, 7) is 2.17. The van der Waals surface area contributed by atoms with Gasteiger partial charge in [-0.3, -0.25) is 14.3 Å². The summed E-state index contributed by atoms with van der Waals surface area (Å²) in [5.74, 6) is -1.08. The van der Waals surface area contributed by atoms with Crippen LogP contribution in [-0.4, -0.2) is 38.2 Å². The number of aliphatic hydroxyl groups is 1. The summed E-state index contributed by atoms with van der Waals surface area (Å²) in [4.78, 5) is 27.2. The van der Waals surface area contributed by atoms with Crippen LogP contribution in [-0.2, 0) is 9.47 Å². The molecule has 1 aromatic carbocycles. The van der Waals surface area contributed by atoms with Crippen LogP contribution in [0, 0.1) is 12.7 Å². The van der Waals surface area contributed by atoms with E-state index in [2.05, 4.69) is 12.1 Å². The summed E-state index contributed by atoms with van der Waals surface area (Å²) in [7, 11) is 0. The van der Waals surface area contributed by atoms with Crippen molar-refractivity contribution >= 4 is 23.5 Å². The Morgan fingerprint density at radius 3 is 2.96 bits per heavy atom. The minimum absolute atomic E-state index is 0.101. The van der Waals surface area contributed by atoms with Crippen LogP contribution in [0.4, 0.5) is 4.39 Å². The summed E-state index contributed by atoms with van der Waals surface area (Å²) in [5, 5.41) is 10.2. The minimum atomic E-state index is -1.08. The van der Waals surface area contributed by atoms with Crippen LogP contribution in [0.25, 0.3) is 0 Å². The average Bonchev–Trinajstić information content (AvgIpc) is 3.18. The number of rotatable bonds is 4. The molecule has 0 amide bonds. The second-order valence-electron chi connectivity index (χ2n) is 6.38. The lowest BCUT2D eigenvalue weighted by atomic mass is 10.2. The van der Waals surface area contributed by atoms with E-state index >= 15 is 0 Å². The van der Waals surface area contributed by atoms with Crippen molar-refractivity contribution in [1.82, 2.24) is 9.55 Å². The van der Waals surface area contributed by atoms with E-state index in [1.54, 1.807) is 23.5 Å². The largest absolute Gasteiger partial charge is 0.390 e. The molecule has 4 rings (SSSR count). The first-order valence-corrected chi connectivity index (χ1v) is 10.1. The molecule has 2 aromatic rings. The molecule has 2 aliphatic rings. The number of benzene rings is 1. The Morgan fingerprint density at radius 1 is 1.37 bits per heavy atom. The highest BCUT2D eigenvalue weighted by Gasteiger charge is 2.37. The van der Waals surface area contributed by atoms with Gasteiger partial charge in [-0.1, -0.05) is 29.6 Å². The van der Waals surface area contributed by atoms with Crippen molar-refractivity contribution in [3.05, 3.63) is 56.6 Å². The molecular formula is C17H17FN2O5S2. The maximum Gasteiger partial charge on any atom is 0.330 e. The summed E-state index contributed by atoms with van der Waals surface area (Å²) in [6, 6.07) is 6.20. The van der Waals surface area contributed by atoms with Crippen LogP contribution in [0.2, 0.25) is 0 Å². The van der Waals surface area contributed by atoms with Gasteiger partial charge in [0.25, 0.3) is 5.56 Å². The molecule has 0 saturated carbocycles. The molecule has 3 heterocycles. The molecule has 0 radical (unpaired) electrons. The van der Waals surface area contributed by atoms with Crippen molar-refractivity contribution in [3.8, 4) is 0 Å². The van der Waals surface area contributed by atoms with E-state index in [1.807, 2.05) is 18.0 Å². The molecule has 144 valence electrons. The number of thioether (sulfide) groups is 2. The first-order chi connectivity index (χ1) is 12.9. The molecule has 0 bridgehead atoms. The lowest BCUT2D eigenvalue weighted by Gasteiger charge is -2.18. The van der Waals surface area contributed by atoms with Crippen molar-refractivity contribution in [3.63, 3.8) is 0 Å². The van der Waals surface area contributed by atoms with Crippen molar-refractivity contribution in [2.75, 3.05) is 6.61 Å². The first kappa shape index (κ1) is 18.8. The summed E-state index contributed by atoms with van der Waals surface area (Å²) in [5.41, 5.74) is -0.689. The highest BCUT2D eigenvalue weighted by atomic mass is 32.2. The highest BCUT2D eigenvalue weighted by molar-refractivity contribution is 8.19. The molecule has 7 nitrogen and oxygen atoms in total. The number of nitrogens with one attached hydrogen (secondary N) is 1. The van der Waals surface area contributed by atoms with Gasteiger partial charge in [-0.2, -0.15) is 4.39 Å². The molecule has 0 aliphatic carbocycles. The summed E-state index contributed by atoms with van der Waals surface area (Å²) >= 11 is 3.19. The summed E-state index contributed by atoms with van der Waals surface area (Å²) in [6.07, 6.45) is -1.48. The van der Waals surface area contributed by atoms with Crippen molar-refractivity contribution in [1.29, 1.82) is 0 Å². The van der Waals surface area contributed by atoms with Gasteiger partial charge in [0, 0.05) is 16.2 Å². The maximum atomic E-state index is 13.5. The molecule has 2 N–H and O–H groups in total. The van der Waals surface area contributed by atoms with E-state index in [4.69, 9.17) is 9.47 Å². The second-order valence-corrected chi connectivity index (χ2v) is 8.89. The van der Waals surface area contributed by atoms with E-state index in [1.165, 1.54) is 5.56 Å². The third kappa shape index (κ3) is 3.85. The van der Waals surface area contributed by atoms with Gasteiger partial charge in [0.15, 0.2) is 4.77 Å². The monoisotopic (exact) mass is 412 g/mol. The molecular weight excluding hydrogens is 395 g/mol. The number of fused-ring (bicyclic) bond motifs is 1. The molecule has 0 spiro atoms. The molecule has 27 heavy (non-hydrogen) atoms. The SMILES string of the molecule is Cc1ccc2c(c1)SC(OC[C@H]1O[C@@H](n3cc(F)c(=O)[nH]c3=O)C[C@@H]1O)S2. The number of hydrogen-bond acceptors (Lipinski definition) is 7. The van der Waals surface area contributed by atoms with Crippen LogP contribution in [0.15, 0.2) is 43.8 Å². The average molecular weight is 412 g/mol. The van der Waals surface area contributed by atoms with Gasteiger partial charge in [-0.05, 0) is 24.6 Å². The molecule has 1 saturated heterocycles. The number of hydrogen-bond donors (Lipinski definition) is 2. The third-order valence-corrected chi connectivity index (χ3v) is 6.95. The Kier molecular flexibility index (Phi) is 5.17. The third-order valence-electron chi connectivity index (χ3n) is 4.38. The molecule has 1 aromatic heterocycles. The van der Waals surface area contributed by atoms with Gasteiger partial charge in [0.1, 0.15) is 12.3 Å². The number of nitrogens with zero attached hydrogens (tertiary/aromatic N) is 1. The Morgan fingerprint density at radius 2 is 2.15 bits per heavy atom. The van der Waals surface area contributed by atoms with E-state index in [-0.39, 0.29) is 17.8 Å². The quantitative estimate of drug-likeness (QED) is 0.791. The Hall–Kier alpha value is -1.59. The maximum absolute atomic E-state index is 13.5. The van der Waals surface area contributed by atoms with E-state index in [0.29, 0.717) is 0 Å². The van der Waals surface area contributed by atoms with Gasteiger partial charge < -0.3 is 14.6 Å². The first-order valence-electron chi connectivity index (χ1n) is 8.31. The lowest BCUT2D eigenvalue weighted by Crippen LogP contribution is -2.34. The fraction of sp³-hybridized carbons (Fsp3) is 0.412. The lowest BCUT2D eigenvalue weighted by molar-refractivity contribution is -0.0598. The molecule has 4 atom stereocenters. The molecule has 10 heteroatoms. The fourth-order valence-corrected chi connectivity index (χ4v) is 5.56. The van der Waals surface area contributed by atoms with Gasteiger partial charge in [0.2, 0.25) is 5.82 Å². The second kappa shape index (κ2) is 7.44. The predicted molar refractivity (Wildman–Crippen MR) is 98.4 cm³/mol. The number of aromatic amines is 1. The Balaban J connectivity index is 1.38. The van der Waals surface area contributed by atoms with Crippen LogP contribution >= 0.6 is 23.5 Å².